The van der Waals surface area contributed by atoms with E-state index in [9.17, 15) is 9.50 Å². The van der Waals surface area contributed by atoms with Crippen LogP contribution in [0, 0.1) is 5.82 Å². The summed E-state index contributed by atoms with van der Waals surface area (Å²) < 4.78 is 14.9. The van der Waals surface area contributed by atoms with E-state index in [0.29, 0.717) is 12.2 Å². The summed E-state index contributed by atoms with van der Waals surface area (Å²) in [6.07, 6.45) is 2.74. The lowest BCUT2D eigenvalue weighted by Crippen LogP contribution is -2.37. The zero-order chi connectivity index (χ0) is 18.1. The molecule has 1 N–H and O–H groups in total. The monoisotopic (exact) mass is 372 g/mol. The predicted octanol–water partition coefficient (Wildman–Crippen LogP) is 3.15. The second-order valence-electron chi connectivity index (χ2n) is 6.37. The highest BCUT2D eigenvalue weighted by Crippen LogP contribution is 2.30. The van der Waals surface area contributed by atoms with Gasteiger partial charge in [0, 0.05) is 13.1 Å². The molecule has 1 aliphatic heterocycles. The molecule has 0 bridgehead atoms. The number of hydrogen-bond donors (Lipinski definition) is 1. The van der Waals surface area contributed by atoms with Crippen LogP contribution in [0.2, 0.25) is 5.02 Å². The highest BCUT2D eigenvalue weighted by molar-refractivity contribution is 6.30. The lowest BCUT2D eigenvalue weighted by atomic mass is 9.93. The van der Waals surface area contributed by atoms with Crippen molar-refractivity contribution in [1.29, 1.82) is 0 Å². The van der Waals surface area contributed by atoms with Gasteiger partial charge in [0.25, 0.3) is 0 Å². The van der Waals surface area contributed by atoms with Gasteiger partial charge in [-0.05, 0) is 35.7 Å². The molecule has 1 aliphatic rings. The van der Waals surface area contributed by atoms with Crippen molar-refractivity contribution >= 4 is 11.6 Å². The molecule has 7 heteroatoms. The highest BCUT2D eigenvalue weighted by atomic mass is 35.5. The van der Waals surface area contributed by atoms with Gasteiger partial charge in [-0.2, -0.15) is 0 Å². The Morgan fingerprint density at radius 3 is 2.88 bits per heavy atom. The molecule has 2 heterocycles. The molecule has 1 unspecified atom stereocenters. The predicted molar refractivity (Wildman–Crippen MR) is 96.7 cm³/mol. The van der Waals surface area contributed by atoms with E-state index in [1.54, 1.807) is 16.9 Å². The molecule has 134 valence electrons. The van der Waals surface area contributed by atoms with Gasteiger partial charge < -0.3 is 5.11 Å². The SMILES string of the molecule is OCC1c2ccccc2CCN1Cc1cn(-c2ccc(F)c(Cl)c2)nn1. The molecule has 0 amide bonds. The van der Waals surface area contributed by atoms with E-state index in [4.69, 9.17) is 11.6 Å². The number of aliphatic hydroxyl groups excluding tert-OH is 1. The molecule has 0 radical (unpaired) electrons. The molecule has 4 rings (SSSR count). The quantitative estimate of drug-likeness (QED) is 0.764. The molecule has 2 aromatic carbocycles. The summed E-state index contributed by atoms with van der Waals surface area (Å²) in [7, 11) is 0. The fourth-order valence-corrected chi connectivity index (χ4v) is 3.61. The number of halogens is 2. The van der Waals surface area contributed by atoms with Gasteiger partial charge in [0.15, 0.2) is 0 Å². The minimum Gasteiger partial charge on any atom is -0.394 e. The van der Waals surface area contributed by atoms with Crippen LogP contribution in [-0.4, -0.2) is 38.2 Å². The Morgan fingerprint density at radius 2 is 2.08 bits per heavy atom. The molecule has 3 aromatic rings. The number of fused-ring (bicyclic) bond motifs is 1. The van der Waals surface area contributed by atoms with E-state index >= 15 is 0 Å². The Morgan fingerprint density at radius 1 is 1.23 bits per heavy atom. The minimum absolute atomic E-state index is 0.0486. The normalized spacial score (nSPS) is 17.3. The topological polar surface area (TPSA) is 54.2 Å². The van der Waals surface area contributed by atoms with Crippen LogP contribution in [0.4, 0.5) is 4.39 Å². The van der Waals surface area contributed by atoms with Crippen molar-refractivity contribution in [3.05, 3.63) is 76.3 Å². The second kappa shape index (κ2) is 7.15. The van der Waals surface area contributed by atoms with Crippen molar-refractivity contribution in [2.45, 2.75) is 19.0 Å². The average Bonchev–Trinajstić information content (AvgIpc) is 3.12. The maximum Gasteiger partial charge on any atom is 0.141 e. The first-order chi connectivity index (χ1) is 12.7. The van der Waals surface area contributed by atoms with Crippen LogP contribution < -0.4 is 0 Å². The Balaban J connectivity index is 1.55. The molecular formula is C19H18ClFN4O. The van der Waals surface area contributed by atoms with Gasteiger partial charge in [-0.3, -0.25) is 4.90 Å². The Kier molecular flexibility index (Phi) is 4.72. The van der Waals surface area contributed by atoms with E-state index in [1.165, 1.54) is 23.3 Å². The molecular weight excluding hydrogens is 355 g/mol. The summed E-state index contributed by atoms with van der Waals surface area (Å²) in [5.41, 5.74) is 3.88. The highest BCUT2D eigenvalue weighted by Gasteiger charge is 2.27. The first-order valence-electron chi connectivity index (χ1n) is 8.45. The molecule has 5 nitrogen and oxygen atoms in total. The Labute approximate surface area is 155 Å². The van der Waals surface area contributed by atoms with Crippen molar-refractivity contribution in [2.24, 2.45) is 0 Å². The van der Waals surface area contributed by atoms with Gasteiger partial charge in [-0.25, -0.2) is 9.07 Å². The third-order valence-electron chi connectivity index (χ3n) is 4.77. The maximum absolute atomic E-state index is 13.3. The third kappa shape index (κ3) is 3.23. The maximum atomic E-state index is 13.3. The number of rotatable bonds is 4. The van der Waals surface area contributed by atoms with Gasteiger partial charge in [-0.15, -0.1) is 5.10 Å². The summed E-state index contributed by atoms with van der Waals surface area (Å²) in [6, 6.07) is 12.6. The molecule has 0 saturated heterocycles. The average molecular weight is 373 g/mol. The van der Waals surface area contributed by atoms with Crippen molar-refractivity contribution in [1.82, 2.24) is 19.9 Å². The standard InChI is InChI=1S/C19H18ClFN4O/c20-17-9-15(5-6-18(17)21)25-11-14(22-23-25)10-24-8-7-13-3-1-2-4-16(13)19(24)12-26/h1-6,9,11,19,26H,7-8,10,12H2. The Hall–Kier alpha value is -2.28. The smallest absolute Gasteiger partial charge is 0.141 e. The molecule has 0 aliphatic carbocycles. The lowest BCUT2D eigenvalue weighted by molar-refractivity contribution is 0.107. The number of aliphatic hydroxyl groups is 1. The number of hydrogen-bond acceptors (Lipinski definition) is 4. The molecule has 0 spiro atoms. The zero-order valence-corrected chi connectivity index (χ0v) is 14.8. The molecule has 0 fully saturated rings. The third-order valence-corrected chi connectivity index (χ3v) is 5.06. The fourth-order valence-electron chi connectivity index (χ4n) is 3.44. The van der Waals surface area contributed by atoms with Crippen molar-refractivity contribution < 1.29 is 9.50 Å². The zero-order valence-electron chi connectivity index (χ0n) is 14.0. The molecule has 1 atom stereocenters. The van der Waals surface area contributed by atoms with Crippen LogP contribution in [0.25, 0.3) is 5.69 Å². The van der Waals surface area contributed by atoms with E-state index in [-0.39, 0.29) is 17.7 Å². The lowest BCUT2D eigenvalue weighted by Gasteiger charge is -2.35. The number of aromatic nitrogens is 3. The van der Waals surface area contributed by atoms with Gasteiger partial charge >= 0.3 is 0 Å². The first kappa shape index (κ1) is 17.1. The van der Waals surface area contributed by atoms with Gasteiger partial charge in [0.1, 0.15) is 5.82 Å². The van der Waals surface area contributed by atoms with E-state index < -0.39 is 5.82 Å². The van der Waals surface area contributed by atoms with Crippen LogP contribution >= 0.6 is 11.6 Å². The van der Waals surface area contributed by atoms with Crippen LogP contribution in [0.5, 0.6) is 0 Å². The van der Waals surface area contributed by atoms with E-state index in [0.717, 1.165) is 18.7 Å². The second-order valence-corrected chi connectivity index (χ2v) is 6.78. The first-order valence-corrected chi connectivity index (χ1v) is 8.83. The summed E-state index contributed by atoms with van der Waals surface area (Å²) in [5, 5.41) is 18.3. The summed E-state index contributed by atoms with van der Waals surface area (Å²) in [5.74, 6) is -0.464. The van der Waals surface area contributed by atoms with Gasteiger partial charge in [-0.1, -0.05) is 41.1 Å². The molecule has 0 saturated carbocycles. The largest absolute Gasteiger partial charge is 0.394 e. The van der Waals surface area contributed by atoms with Crippen LogP contribution in [0.15, 0.2) is 48.7 Å². The van der Waals surface area contributed by atoms with Crippen LogP contribution in [0.1, 0.15) is 22.9 Å². The van der Waals surface area contributed by atoms with E-state index in [2.05, 4.69) is 27.3 Å². The molecule has 1 aromatic heterocycles. The van der Waals surface area contributed by atoms with Crippen molar-refractivity contribution in [3.8, 4) is 5.69 Å². The number of nitrogens with zero attached hydrogens (tertiary/aromatic N) is 4. The molecule has 26 heavy (non-hydrogen) atoms. The van der Waals surface area contributed by atoms with Crippen molar-refractivity contribution in [3.63, 3.8) is 0 Å². The number of benzene rings is 2. The van der Waals surface area contributed by atoms with Crippen LogP contribution in [0.3, 0.4) is 0 Å². The summed E-state index contributed by atoms with van der Waals surface area (Å²) >= 11 is 5.84. The summed E-state index contributed by atoms with van der Waals surface area (Å²) in [6.45, 7) is 1.48. The van der Waals surface area contributed by atoms with Gasteiger partial charge in [0.05, 0.1) is 35.2 Å². The van der Waals surface area contributed by atoms with E-state index in [1.807, 2.05) is 12.1 Å². The summed E-state index contributed by atoms with van der Waals surface area (Å²) in [4.78, 5) is 2.20. The Bertz CT molecular complexity index is 929. The minimum atomic E-state index is -0.464. The van der Waals surface area contributed by atoms with Gasteiger partial charge in [0.2, 0.25) is 0 Å². The van der Waals surface area contributed by atoms with Crippen molar-refractivity contribution in [2.75, 3.05) is 13.2 Å². The van der Waals surface area contributed by atoms with Crippen LogP contribution in [-0.2, 0) is 13.0 Å². The fraction of sp³-hybridized carbons (Fsp3) is 0.263.